The van der Waals surface area contributed by atoms with Crippen molar-refractivity contribution < 1.29 is 14.3 Å². The molecule has 0 unspecified atom stereocenters. The maximum atomic E-state index is 11.1. The summed E-state index contributed by atoms with van der Waals surface area (Å²) in [6.45, 7) is 12.8. The van der Waals surface area contributed by atoms with Crippen molar-refractivity contribution in [1.29, 1.82) is 0 Å². The van der Waals surface area contributed by atoms with Gasteiger partial charge in [-0.05, 0) is 36.9 Å². The van der Waals surface area contributed by atoms with E-state index in [0.717, 1.165) is 6.54 Å². The van der Waals surface area contributed by atoms with E-state index in [1.165, 1.54) is 12.8 Å². The number of hydrogen-bond donors (Lipinski definition) is 3. The van der Waals surface area contributed by atoms with E-state index in [1.54, 1.807) is 0 Å². The highest BCUT2D eigenvalue weighted by Crippen LogP contribution is 2.44. The van der Waals surface area contributed by atoms with Crippen LogP contribution in [0.4, 0.5) is 4.79 Å². The first-order valence-electron chi connectivity index (χ1n) is 8.00. The Kier molecular flexibility index (Phi) is 4.71. The van der Waals surface area contributed by atoms with Crippen molar-refractivity contribution >= 4 is 14.4 Å². The maximum Gasteiger partial charge on any atom is 0.405 e. The van der Waals surface area contributed by atoms with Crippen LogP contribution in [0.2, 0.25) is 18.1 Å². The molecule has 0 aromatic rings. The fourth-order valence-electron chi connectivity index (χ4n) is 2.87. The van der Waals surface area contributed by atoms with Crippen LogP contribution in [0.1, 0.15) is 33.6 Å². The summed E-state index contributed by atoms with van der Waals surface area (Å²) in [5.74, 6) is 1.13. The monoisotopic (exact) mass is 314 g/mol. The molecule has 0 radical (unpaired) electrons. The Hall–Kier alpha value is -0.593. The van der Waals surface area contributed by atoms with E-state index in [0.29, 0.717) is 18.4 Å². The van der Waals surface area contributed by atoms with Crippen molar-refractivity contribution in [3.05, 3.63) is 0 Å². The molecule has 122 valence electrons. The molecule has 6 heteroatoms. The summed E-state index contributed by atoms with van der Waals surface area (Å²) in [6.07, 6.45) is 1.56. The fraction of sp³-hybridized carbons (Fsp3) is 0.933. The number of carboxylic acid groups (broad SMARTS) is 1. The lowest BCUT2D eigenvalue weighted by atomic mass is 9.88. The molecule has 1 saturated heterocycles. The summed E-state index contributed by atoms with van der Waals surface area (Å²) in [6, 6.07) is -0.143. The third-order valence-corrected chi connectivity index (χ3v) is 9.81. The molecule has 0 spiro atoms. The largest absolute Gasteiger partial charge is 0.465 e. The quantitative estimate of drug-likeness (QED) is 0.698. The van der Waals surface area contributed by atoms with Gasteiger partial charge in [0.25, 0.3) is 0 Å². The predicted molar refractivity (Wildman–Crippen MR) is 86.1 cm³/mol. The van der Waals surface area contributed by atoms with Crippen LogP contribution < -0.4 is 10.6 Å². The van der Waals surface area contributed by atoms with Gasteiger partial charge in [-0.2, -0.15) is 0 Å². The average molecular weight is 315 g/mol. The Labute approximate surface area is 129 Å². The fourth-order valence-corrected chi connectivity index (χ4v) is 4.25. The molecule has 0 bridgehead atoms. The summed E-state index contributed by atoms with van der Waals surface area (Å²) < 4.78 is 6.64. The second kappa shape index (κ2) is 5.89. The van der Waals surface area contributed by atoms with Crippen LogP contribution in [0.3, 0.4) is 0 Å². The molecule has 1 aliphatic heterocycles. The minimum Gasteiger partial charge on any atom is -0.465 e. The highest BCUT2D eigenvalue weighted by atomic mass is 28.4. The molecule has 3 atom stereocenters. The second-order valence-corrected chi connectivity index (χ2v) is 12.8. The van der Waals surface area contributed by atoms with Gasteiger partial charge < -0.3 is 20.2 Å². The van der Waals surface area contributed by atoms with E-state index in [1.807, 2.05) is 0 Å². The number of carbonyl (C=O) groups is 1. The molecule has 0 aromatic heterocycles. The molecule has 0 aromatic carbocycles. The van der Waals surface area contributed by atoms with Crippen LogP contribution in [0.15, 0.2) is 0 Å². The Morgan fingerprint density at radius 2 is 1.90 bits per heavy atom. The molecule has 1 saturated carbocycles. The molecule has 2 rings (SSSR count). The lowest BCUT2D eigenvalue weighted by molar-refractivity contribution is 0.0464. The van der Waals surface area contributed by atoms with Crippen molar-refractivity contribution in [3.63, 3.8) is 0 Å². The van der Waals surface area contributed by atoms with Gasteiger partial charge in [-0.1, -0.05) is 20.8 Å². The van der Waals surface area contributed by atoms with Gasteiger partial charge in [-0.25, -0.2) is 4.79 Å². The van der Waals surface area contributed by atoms with E-state index in [4.69, 9.17) is 9.53 Å². The van der Waals surface area contributed by atoms with Gasteiger partial charge >= 0.3 is 6.09 Å². The first-order valence-corrected chi connectivity index (χ1v) is 10.9. The molecule has 21 heavy (non-hydrogen) atoms. The van der Waals surface area contributed by atoms with Crippen molar-refractivity contribution in [2.75, 3.05) is 13.1 Å². The van der Waals surface area contributed by atoms with Gasteiger partial charge in [-0.15, -0.1) is 0 Å². The van der Waals surface area contributed by atoms with E-state index < -0.39 is 14.4 Å². The van der Waals surface area contributed by atoms with Crippen LogP contribution in [0.25, 0.3) is 0 Å². The minimum absolute atomic E-state index is 0.00995. The normalized spacial score (nSPS) is 31.0. The van der Waals surface area contributed by atoms with Crippen LogP contribution in [0, 0.1) is 11.8 Å². The smallest absolute Gasteiger partial charge is 0.405 e. The first-order chi connectivity index (χ1) is 9.62. The molecule has 2 fully saturated rings. The third-order valence-electron chi connectivity index (χ3n) is 5.34. The number of amides is 1. The Morgan fingerprint density at radius 1 is 1.29 bits per heavy atom. The first kappa shape index (κ1) is 16.8. The third kappa shape index (κ3) is 3.99. The standard InChI is InChI=1S/C15H30N2O3Si/c1-15(2,3)21(4,5)20-13-11(10-6-7-10)8-16-9-12(13)17-14(18)19/h10-13,16-17H,6-9H2,1-5H3,(H,18,19)/t11-,12-,13-/m1/s1. The van der Waals surface area contributed by atoms with Crippen LogP contribution >= 0.6 is 0 Å². The maximum absolute atomic E-state index is 11.1. The zero-order valence-electron chi connectivity index (χ0n) is 13.9. The number of nitrogens with one attached hydrogen (secondary N) is 2. The summed E-state index contributed by atoms with van der Waals surface area (Å²) >= 11 is 0. The van der Waals surface area contributed by atoms with Gasteiger partial charge in [-0.3, -0.25) is 0 Å². The Bertz CT molecular complexity index is 391. The van der Waals surface area contributed by atoms with E-state index >= 15 is 0 Å². The van der Waals surface area contributed by atoms with E-state index in [-0.39, 0.29) is 17.2 Å². The van der Waals surface area contributed by atoms with Gasteiger partial charge in [0.05, 0.1) is 12.1 Å². The van der Waals surface area contributed by atoms with Crippen molar-refractivity contribution in [1.82, 2.24) is 10.6 Å². The molecule has 1 heterocycles. The van der Waals surface area contributed by atoms with Crippen LogP contribution in [0.5, 0.6) is 0 Å². The molecule has 1 amide bonds. The topological polar surface area (TPSA) is 70.6 Å². The number of piperidine rings is 1. The average Bonchev–Trinajstić information content (AvgIpc) is 3.12. The zero-order chi connectivity index (χ0) is 15.8. The molecule has 1 aliphatic carbocycles. The molecule has 3 N–H and O–H groups in total. The van der Waals surface area contributed by atoms with Crippen LogP contribution in [-0.2, 0) is 4.43 Å². The minimum atomic E-state index is -1.91. The van der Waals surface area contributed by atoms with Crippen LogP contribution in [-0.4, -0.2) is 44.8 Å². The second-order valence-electron chi connectivity index (χ2n) is 8.06. The number of rotatable bonds is 4. The highest BCUT2D eigenvalue weighted by molar-refractivity contribution is 6.74. The van der Waals surface area contributed by atoms with Crippen molar-refractivity contribution in [3.8, 4) is 0 Å². The summed E-state index contributed by atoms with van der Waals surface area (Å²) in [4.78, 5) is 11.1. The molecule has 2 aliphatic rings. The SMILES string of the molecule is CC(C)(C)[Si](C)(C)O[C@@H]1[C@@H](C2CC2)CNC[C@H]1NC(=O)O. The number of hydrogen-bond acceptors (Lipinski definition) is 3. The summed E-state index contributed by atoms with van der Waals surface area (Å²) in [5.41, 5.74) is 0. The highest BCUT2D eigenvalue weighted by Gasteiger charge is 2.48. The van der Waals surface area contributed by atoms with Gasteiger partial charge in [0, 0.05) is 19.0 Å². The Balaban J connectivity index is 2.16. The lowest BCUT2D eigenvalue weighted by Crippen LogP contribution is -2.62. The lowest BCUT2D eigenvalue weighted by Gasteiger charge is -2.46. The van der Waals surface area contributed by atoms with Gasteiger partial charge in [0.15, 0.2) is 8.32 Å². The summed E-state index contributed by atoms with van der Waals surface area (Å²) in [7, 11) is -1.91. The van der Waals surface area contributed by atoms with Gasteiger partial charge in [0.2, 0.25) is 0 Å². The molecular formula is C15H30N2O3Si. The van der Waals surface area contributed by atoms with Gasteiger partial charge in [0.1, 0.15) is 0 Å². The zero-order valence-corrected chi connectivity index (χ0v) is 14.9. The van der Waals surface area contributed by atoms with E-state index in [9.17, 15) is 4.79 Å². The van der Waals surface area contributed by atoms with Crippen molar-refractivity contribution in [2.45, 2.75) is 63.9 Å². The molecule has 5 nitrogen and oxygen atoms in total. The summed E-state index contributed by atoms with van der Waals surface area (Å²) in [5, 5.41) is 15.3. The van der Waals surface area contributed by atoms with Crippen molar-refractivity contribution in [2.24, 2.45) is 11.8 Å². The predicted octanol–water partition coefficient (Wildman–Crippen LogP) is 2.64. The Morgan fingerprint density at radius 3 is 2.38 bits per heavy atom. The molecular weight excluding hydrogens is 284 g/mol. The van der Waals surface area contributed by atoms with E-state index in [2.05, 4.69) is 44.5 Å².